The van der Waals surface area contributed by atoms with Gasteiger partial charge in [0.2, 0.25) is 0 Å². The quantitative estimate of drug-likeness (QED) is 0.798. The lowest BCUT2D eigenvalue weighted by molar-refractivity contribution is 0.214. The molecule has 0 unspecified atom stereocenters. The van der Waals surface area contributed by atoms with Crippen LogP contribution >= 0.6 is 11.3 Å². The van der Waals surface area contributed by atoms with E-state index in [1.54, 1.807) is 6.20 Å². The number of anilines is 1. The number of hydrogen-bond donors (Lipinski definition) is 1. The summed E-state index contributed by atoms with van der Waals surface area (Å²) in [4.78, 5) is 17.7. The van der Waals surface area contributed by atoms with Crippen LogP contribution in [0, 0.1) is 0 Å². The van der Waals surface area contributed by atoms with E-state index in [4.69, 9.17) is 0 Å². The zero-order chi connectivity index (χ0) is 10.5. The van der Waals surface area contributed by atoms with E-state index in [-0.39, 0.29) is 6.03 Å². The highest BCUT2D eigenvalue weighted by Crippen LogP contribution is 2.14. The number of likely N-dealkylation sites (tertiary alicyclic amines) is 1. The highest BCUT2D eigenvalue weighted by Gasteiger charge is 2.15. The summed E-state index contributed by atoms with van der Waals surface area (Å²) in [7, 11) is 0. The summed E-state index contributed by atoms with van der Waals surface area (Å²) in [5.41, 5.74) is 0. The van der Waals surface area contributed by atoms with Crippen LogP contribution in [0.1, 0.15) is 25.7 Å². The molecule has 0 radical (unpaired) electrons. The van der Waals surface area contributed by atoms with Crippen LogP contribution in [0.15, 0.2) is 11.6 Å². The summed E-state index contributed by atoms with van der Waals surface area (Å²) in [6, 6.07) is -0.00755. The number of thiazole rings is 1. The molecule has 1 aliphatic rings. The molecule has 1 fully saturated rings. The molecule has 15 heavy (non-hydrogen) atoms. The summed E-state index contributed by atoms with van der Waals surface area (Å²) in [5, 5.41) is 5.36. The van der Waals surface area contributed by atoms with Crippen molar-refractivity contribution in [2.45, 2.75) is 25.7 Å². The first kappa shape index (κ1) is 10.4. The van der Waals surface area contributed by atoms with Crippen molar-refractivity contribution in [3.8, 4) is 0 Å². The Bertz CT molecular complexity index is 304. The minimum Gasteiger partial charge on any atom is -0.324 e. The van der Waals surface area contributed by atoms with Gasteiger partial charge < -0.3 is 4.90 Å². The van der Waals surface area contributed by atoms with E-state index in [1.807, 2.05) is 10.3 Å². The maximum atomic E-state index is 11.8. The Kier molecular flexibility index (Phi) is 3.55. The molecule has 0 bridgehead atoms. The number of hydrogen-bond acceptors (Lipinski definition) is 3. The predicted octanol–water partition coefficient (Wildman–Crippen LogP) is 2.55. The summed E-state index contributed by atoms with van der Waals surface area (Å²) in [6.45, 7) is 1.74. The standard InChI is InChI=1S/C10H15N3OS/c14-10(12-9-11-5-8-15-9)13-6-3-1-2-4-7-13/h5,8H,1-4,6-7H2,(H,11,12,14). The fourth-order valence-electron chi connectivity index (χ4n) is 1.73. The average molecular weight is 225 g/mol. The maximum absolute atomic E-state index is 11.8. The second-order valence-corrected chi connectivity index (χ2v) is 4.56. The first-order chi connectivity index (χ1) is 7.36. The fraction of sp³-hybridized carbons (Fsp3) is 0.600. The molecule has 2 heterocycles. The van der Waals surface area contributed by atoms with Gasteiger partial charge in [0.15, 0.2) is 5.13 Å². The van der Waals surface area contributed by atoms with Crippen LogP contribution in [0.4, 0.5) is 9.93 Å². The summed E-state index contributed by atoms with van der Waals surface area (Å²) in [5.74, 6) is 0. The molecule has 1 aromatic heterocycles. The number of nitrogens with one attached hydrogen (secondary N) is 1. The molecule has 5 heteroatoms. The van der Waals surface area contributed by atoms with Gasteiger partial charge in [-0.3, -0.25) is 5.32 Å². The molecule has 1 aromatic rings. The summed E-state index contributed by atoms with van der Waals surface area (Å²) >= 11 is 1.45. The third-order valence-corrected chi connectivity index (χ3v) is 3.23. The largest absolute Gasteiger partial charge is 0.324 e. The minimum absolute atomic E-state index is 0.00755. The van der Waals surface area contributed by atoms with E-state index < -0.39 is 0 Å². The van der Waals surface area contributed by atoms with Crippen molar-refractivity contribution >= 4 is 22.5 Å². The molecule has 82 valence electrons. The van der Waals surface area contributed by atoms with Crippen LogP contribution in [0.2, 0.25) is 0 Å². The van der Waals surface area contributed by atoms with Crippen molar-refractivity contribution in [1.82, 2.24) is 9.88 Å². The van der Waals surface area contributed by atoms with Crippen molar-refractivity contribution < 1.29 is 4.79 Å². The van der Waals surface area contributed by atoms with Gasteiger partial charge in [-0.15, -0.1) is 11.3 Å². The Hall–Kier alpha value is -1.10. The number of nitrogens with zero attached hydrogens (tertiary/aromatic N) is 2. The molecule has 0 saturated carbocycles. The molecule has 0 aromatic carbocycles. The number of rotatable bonds is 1. The molecule has 0 atom stereocenters. The number of carbonyl (C=O) groups is 1. The molecule has 4 nitrogen and oxygen atoms in total. The Balaban J connectivity index is 1.89. The van der Waals surface area contributed by atoms with Crippen LogP contribution in [-0.2, 0) is 0 Å². The van der Waals surface area contributed by atoms with Crippen molar-refractivity contribution in [2.75, 3.05) is 18.4 Å². The third kappa shape index (κ3) is 2.92. The van der Waals surface area contributed by atoms with Gasteiger partial charge in [0, 0.05) is 24.7 Å². The van der Waals surface area contributed by atoms with Crippen molar-refractivity contribution in [3.63, 3.8) is 0 Å². The molecule has 0 aliphatic carbocycles. The zero-order valence-electron chi connectivity index (χ0n) is 8.61. The van der Waals surface area contributed by atoms with Crippen LogP contribution in [0.3, 0.4) is 0 Å². The van der Waals surface area contributed by atoms with E-state index in [0.29, 0.717) is 5.13 Å². The van der Waals surface area contributed by atoms with Gasteiger partial charge in [-0.1, -0.05) is 12.8 Å². The highest BCUT2D eigenvalue weighted by atomic mass is 32.1. The molecule has 1 aliphatic heterocycles. The molecule has 0 spiro atoms. The predicted molar refractivity (Wildman–Crippen MR) is 61.2 cm³/mol. The minimum atomic E-state index is -0.00755. The smallest absolute Gasteiger partial charge is 0.323 e. The van der Waals surface area contributed by atoms with Gasteiger partial charge in [0.1, 0.15) is 0 Å². The second-order valence-electron chi connectivity index (χ2n) is 3.67. The van der Waals surface area contributed by atoms with Crippen molar-refractivity contribution in [2.24, 2.45) is 0 Å². The Labute approximate surface area is 93.3 Å². The summed E-state index contributed by atoms with van der Waals surface area (Å²) < 4.78 is 0. The molecule has 1 saturated heterocycles. The molecular formula is C10H15N3OS. The van der Waals surface area contributed by atoms with Crippen LogP contribution < -0.4 is 5.32 Å². The van der Waals surface area contributed by atoms with Crippen LogP contribution in [-0.4, -0.2) is 29.0 Å². The van der Waals surface area contributed by atoms with Gasteiger partial charge >= 0.3 is 6.03 Å². The van der Waals surface area contributed by atoms with Crippen LogP contribution in [0.5, 0.6) is 0 Å². The molecular weight excluding hydrogens is 210 g/mol. The van der Waals surface area contributed by atoms with E-state index in [1.165, 1.54) is 24.2 Å². The first-order valence-electron chi connectivity index (χ1n) is 5.32. The van der Waals surface area contributed by atoms with E-state index in [9.17, 15) is 4.79 Å². The normalized spacial score (nSPS) is 17.2. The van der Waals surface area contributed by atoms with Crippen molar-refractivity contribution in [1.29, 1.82) is 0 Å². The second kappa shape index (κ2) is 5.11. The molecule has 2 amide bonds. The summed E-state index contributed by atoms with van der Waals surface area (Å²) in [6.07, 6.45) is 6.40. The zero-order valence-corrected chi connectivity index (χ0v) is 9.42. The molecule has 2 rings (SSSR count). The van der Waals surface area contributed by atoms with Gasteiger partial charge in [-0.2, -0.15) is 0 Å². The lowest BCUT2D eigenvalue weighted by atomic mass is 10.2. The van der Waals surface area contributed by atoms with Gasteiger partial charge in [-0.05, 0) is 12.8 Å². The highest BCUT2D eigenvalue weighted by molar-refractivity contribution is 7.13. The Morgan fingerprint density at radius 3 is 2.67 bits per heavy atom. The number of aromatic nitrogens is 1. The topological polar surface area (TPSA) is 45.2 Å². The average Bonchev–Trinajstić information content (AvgIpc) is 2.58. The lowest BCUT2D eigenvalue weighted by Gasteiger charge is -2.19. The van der Waals surface area contributed by atoms with Gasteiger partial charge in [-0.25, -0.2) is 9.78 Å². The Morgan fingerprint density at radius 1 is 1.33 bits per heavy atom. The molecule has 1 N–H and O–H groups in total. The van der Waals surface area contributed by atoms with Crippen molar-refractivity contribution in [3.05, 3.63) is 11.6 Å². The number of carbonyl (C=O) groups excluding carboxylic acids is 1. The van der Waals surface area contributed by atoms with E-state index in [2.05, 4.69) is 10.3 Å². The van der Waals surface area contributed by atoms with E-state index >= 15 is 0 Å². The maximum Gasteiger partial charge on any atom is 0.323 e. The first-order valence-corrected chi connectivity index (χ1v) is 6.19. The van der Waals surface area contributed by atoms with E-state index in [0.717, 1.165) is 25.9 Å². The lowest BCUT2D eigenvalue weighted by Crippen LogP contribution is -2.35. The van der Waals surface area contributed by atoms with Gasteiger partial charge in [0.05, 0.1) is 0 Å². The fourth-order valence-corrected chi connectivity index (χ4v) is 2.25. The third-order valence-electron chi connectivity index (χ3n) is 2.54. The van der Waals surface area contributed by atoms with Crippen LogP contribution in [0.25, 0.3) is 0 Å². The monoisotopic (exact) mass is 225 g/mol. The SMILES string of the molecule is O=C(Nc1nccs1)N1CCCCCC1. The van der Waals surface area contributed by atoms with Gasteiger partial charge in [0.25, 0.3) is 0 Å². The number of amides is 2. The Morgan fingerprint density at radius 2 is 2.07 bits per heavy atom. The number of urea groups is 1.